The molecule has 0 saturated carbocycles. The number of benzene rings is 3. The summed E-state index contributed by atoms with van der Waals surface area (Å²) < 4.78 is 11.8. The highest BCUT2D eigenvalue weighted by Gasteiger charge is 2.23. The molecule has 0 radical (unpaired) electrons. The number of nitrogens with one attached hydrogen (secondary N) is 1. The third kappa shape index (κ3) is 5.35. The zero-order valence-electron chi connectivity index (χ0n) is 19.3. The van der Waals surface area contributed by atoms with Crippen molar-refractivity contribution in [1.29, 1.82) is 0 Å². The summed E-state index contributed by atoms with van der Waals surface area (Å²) in [5, 5.41) is 27.0. The van der Waals surface area contributed by atoms with Gasteiger partial charge in [0, 0.05) is 23.8 Å². The molecule has 13 nitrogen and oxygen atoms in total. The molecule has 1 N–H and O–H groups in total. The van der Waals surface area contributed by atoms with Crippen LogP contribution in [0.3, 0.4) is 0 Å². The lowest BCUT2D eigenvalue weighted by atomic mass is 10.1. The molecule has 0 aliphatic carbocycles. The summed E-state index contributed by atoms with van der Waals surface area (Å²) in [5.41, 5.74) is -1.11. The maximum atomic E-state index is 12.7. The van der Waals surface area contributed by atoms with E-state index in [4.69, 9.17) is 9.47 Å². The summed E-state index contributed by atoms with van der Waals surface area (Å²) in [6.07, 6.45) is 1.12. The van der Waals surface area contributed by atoms with E-state index >= 15 is 0 Å². The second kappa shape index (κ2) is 10.5. The van der Waals surface area contributed by atoms with Crippen molar-refractivity contribution in [3.8, 4) is 11.5 Å². The molecule has 0 fully saturated rings. The van der Waals surface area contributed by atoms with Gasteiger partial charge in [0.2, 0.25) is 5.75 Å². The number of non-ortho nitro benzene ring substituents is 1. The highest BCUT2D eigenvalue weighted by Crippen LogP contribution is 2.39. The van der Waals surface area contributed by atoms with E-state index in [1.54, 1.807) is 31.2 Å². The lowest BCUT2D eigenvalue weighted by molar-refractivity contribution is -0.386. The Bertz CT molecular complexity index is 1660. The molecular weight excluding hydrogens is 486 g/mol. The quantitative estimate of drug-likeness (QED) is 0.205. The number of nitro groups is 2. The van der Waals surface area contributed by atoms with Crippen LogP contribution in [0, 0.1) is 20.2 Å². The summed E-state index contributed by atoms with van der Waals surface area (Å²) in [5.74, 6) is -0.167. The molecule has 0 spiro atoms. The number of rotatable bonds is 9. The van der Waals surface area contributed by atoms with Gasteiger partial charge in [-0.2, -0.15) is 5.10 Å². The topological polar surface area (TPSA) is 172 Å². The molecule has 37 heavy (non-hydrogen) atoms. The number of ether oxygens (including phenoxy) is 2. The molecule has 0 aliphatic heterocycles. The molecule has 4 rings (SSSR count). The molecular formula is C24H19N5O8. The third-order valence-corrected chi connectivity index (χ3v) is 5.16. The fraction of sp³-hybridized carbons (Fsp3) is 0.125. The first kappa shape index (κ1) is 24.8. The molecule has 188 valence electrons. The number of H-pyrrole nitrogens is 1. The lowest BCUT2D eigenvalue weighted by Gasteiger charge is -2.13. The molecule has 0 amide bonds. The van der Waals surface area contributed by atoms with Crippen molar-refractivity contribution in [3.63, 3.8) is 0 Å². The smallest absolute Gasteiger partial charge is 0.349 e. The highest BCUT2D eigenvalue weighted by molar-refractivity contribution is 5.83. The van der Waals surface area contributed by atoms with Crippen LogP contribution >= 0.6 is 0 Å². The Hall–Kier alpha value is -5.33. The van der Waals surface area contributed by atoms with Gasteiger partial charge in [0.05, 0.1) is 33.6 Å². The van der Waals surface area contributed by atoms with Crippen LogP contribution in [-0.4, -0.2) is 32.3 Å². The Morgan fingerprint density at radius 1 is 1.00 bits per heavy atom. The Morgan fingerprint density at radius 3 is 2.51 bits per heavy atom. The zero-order valence-corrected chi connectivity index (χ0v) is 19.3. The van der Waals surface area contributed by atoms with Crippen molar-refractivity contribution in [2.45, 2.75) is 13.5 Å². The van der Waals surface area contributed by atoms with Crippen LogP contribution < -0.4 is 20.7 Å². The summed E-state index contributed by atoms with van der Waals surface area (Å²) in [6, 6.07) is 14.6. The van der Waals surface area contributed by atoms with Gasteiger partial charge in [-0.15, -0.1) is 4.68 Å². The van der Waals surface area contributed by atoms with Gasteiger partial charge in [0.25, 0.3) is 11.2 Å². The summed E-state index contributed by atoms with van der Waals surface area (Å²) in [7, 11) is 0. The fourth-order valence-electron chi connectivity index (χ4n) is 3.52. The first-order valence-electron chi connectivity index (χ1n) is 10.9. The Balaban J connectivity index is 1.71. The van der Waals surface area contributed by atoms with Gasteiger partial charge in [-0.3, -0.25) is 25.0 Å². The third-order valence-electron chi connectivity index (χ3n) is 5.16. The van der Waals surface area contributed by atoms with Crippen LogP contribution in [0.4, 0.5) is 11.4 Å². The molecule has 4 aromatic rings. The highest BCUT2D eigenvalue weighted by atomic mass is 16.6. The number of nitro benzene ring substituents is 2. The Kier molecular flexibility index (Phi) is 7.04. The standard InChI is InChI=1S/C24H19N5O8/c1-2-36-21-12-16(13-25-27-23(30)18-8-3-4-9-19(18)26-24(27)31)11-20(29(34)35)22(21)37-14-15-6-5-7-17(10-15)28(32)33/h3-13H,2,14H2,1H3,(H,26,31). The number of aromatic amines is 1. The summed E-state index contributed by atoms with van der Waals surface area (Å²) in [4.78, 5) is 49.2. The van der Waals surface area contributed by atoms with Gasteiger partial charge in [0.15, 0.2) is 5.75 Å². The monoisotopic (exact) mass is 505 g/mol. The van der Waals surface area contributed by atoms with Crippen molar-refractivity contribution in [1.82, 2.24) is 9.66 Å². The van der Waals surface area contributed by atoms with E-state index in [0.29, 0.717) is 15.8 Å². The van der Waals surface area contributed by atoms with Gasteiger partial charge in [-0.25, -0.2) is 4.79 Å². The van der Waals surface area contributed by atoms with E-state index in [-0.39, 0.29) is 41.3 Å². The average molecular weight is 505 g/mol. The van der Waals surface area contributed by atoms with Crippen molar-refractivity contribution in [3.05, 3.63) is 113 Å². The normalized spacial score (nSPS) is 11.1. The maximum absolute atomic E-state index is 12.7. The predicted molar refractivity (Wildman–Crippen MR) is 134 cm³/mol. The van der Waals surface area contributed by atoms with E-state index in [0.717, 1.165) is 12.3 Å². The van der Waals surface area contributed by atoms with E-state index in [9.17, 15) is 29.8 Å². The summed E-state index contributed by atoms with van der Waals surface area (Å²) in [6.45, 7) is 1.62. The lowest BCUT2D eigenvalue weighted by Crippen LogP contribution is -2.32. The van der Waals surface area contributed by atoms with Crippen molar-refractivity contribution in [2.24, 2.45) is 5.10 Å². The SMILES string of the molecule is CCOc1cc(C=Nn2c(=O)[nH]c3ccccc3c2=O)cc([N+](=O)[O-])c1OCc1cccc([N+](=O)[O-])c1. The Labute approximate surface area is 207 Å². The van der Waals surface area contributed by atoms with Crippen LogP contribution in [0.25, 0.3) is 10.9 Å². The van der Waals surface area contributed by atoms with Gasteiger partial charge < -0.3 is 14.5 Å². The minimum Gasteiger partial charge on any atom is -0.490 e. The average Bonchev–Trinajstić information content (AvgIpc) is 2.88. The Morgan fingerprint density at radius 2 is 1.78 bits per heavy atom. The molecule has 0 atom stereocenters. The van der Waals surface area contributed by atoms with Gasteiger partial charge in [0.1, 0.15) is 6.61 Å². The van der Waals surface area contributed by atoms with Crippen LogP contribution in [0.5, 0.6) is 11.5 Å². The van der Waals surface area contributed by atoms with Crippen LogP contribution in [-0.2, 0) is 6.61 Å². The molecule has 0 unspecified atom stereocenters. The number of hydrogen-bond donors (Lipinski definition) is 1. The number of aromatic nitrogens is 2. The van der Waals surface area contributed by atoms with E-state index < -0.39 is 26.8 Å². The van der Waals surface area contributed by atoms with Gasteiger partial charge in [-0.1, -0.05) is 24.3 Å². The molecule has 1 aromatic heterocycles. The minimum absolute atomic E-state index is 0.0170. The van der Waals surface area contributed by atoms with Crippen molar-refractivity contribution in [2.75, 3.05) is 6.61 Å². The van der Waals surface area contributed by atoms with Crippen LogP contribution in [0.2, 0.25) is 0 Å². The van der Waals surface area contributed by atoms with E-state index in [1.807, 2.05) is 0 Å². The molecule has 1 heterocycles. The minimum atomic E-state index is -0.781. The van der Waals surface area contributed by atoms with E-state index in [2.05, 4.69) is 10.1 Å². The largest absolute Gasteiger partial charge is 0.490 e. The molecule has 0 aliphatic rings. The molecule has 3 aromatic carbocycles. The first-order chi connectivity index (χ1) is 17.8. The van der Waals surface area contributed by atoms with E-state index in [1.165, 1.54) is 30.3 Å². The number of hydrogen-bond acceptors (Lipinski definition) is 9. The molecule has 13 heteroatoms. The van der Waals surface area contributed by atoms with Crippen molar-refractivity contribution >= 4 is 28.5 Å². The number of nitrogens with zero attached hydrogens (tertiary/aromatic N) is 4. The fourth-order valence-corrected chi connectivity index (χ4v) is 3.52. The second-order valence-corrected chi connectivity index (χ2v) is 7.61. The second-order valence-electron chi connectivity index (χ2n) is 7.61. The summed E-state index contributed by atoms with van der Waals surface area (Å²) >= 11 is 0. The predicted octanol–water partition coefficient (Wildman–Crippen LogP) is 3.37. The molecule has 0 saturated heterocycles. The molecule has 0 bridgehead atoms. The van der Waals surface area contributed by atoms with Crippen molar-refractivity contribution < 1.29 is 19.3 Å². The van der Waals surface area contributed by atoms with Crippen LogP contribution in [0.1, 0.15) is 18.1 Å². The van der Waals surface area contributed by atoms with Gasteiger partial charge in [-0.05, 0) is 30.7 Å². The van der Waals surface area contributed by atoms with Crippen LogP contribution in [0.15, 0.2) is 75.4 Å². The number of para-hydroxylation sites is 1. The first-order valence-corrected chi connectivity index (χ1v) is 10.9. The van der Waals surface area contributed by atoms with Gasteiger partial charge >= 0.3 is 11.4 Å². The zero-order chi connectivity index (χ0) is 26.5. The number of fused-ring (bicyclic) bond motifs is 1. The maximum Gasteiger partial charge on any atom is 0.349 e.